The molecule has 1 fully saturated rings. The van der Waals surface area contributed by atoms with Gasteiger partial charge in [-0.05, 0) is 76.2 Å². The molecule has 2 heterocycles. The molecule has 1 saturated heterocycles. The van der Waals surface area contributed by atoms with Crippen LogP contribution in [0.2, 0.25) is 0 Å². The molecule has 26 heavy (non-hydrogen) atoms. The number of likely N-dealkylation sites (tertiary alicyclic amines) is 1. The van der Waals surface area contributed by atoms with Gasteiger partial charge >= 0.3 is 0 Å². The van der Waals surface area contributed by atoms with Crippen LogP contribution < -0.4 is 10.1 Å². The van der Waals surface area contributed by atoms with Crippen molar-refractivity contribution in [3.05, 3.63) is 54.0 Å². The van der Waals surface area contributed by atoms with Crippen LogP contribution in [0.1, 0.15) is 55.3 Å². The molecule has 1 atom stereocenters. The first-order valence-corrected chi connectivity index (χ1v) is 9.46. The van der Waals surface area contributed by atoms with E-state index in [2.05, 4.69) is 10.2 Å². The number of hydrogen-bond acceptors (Lipinski definition) is 4. The van der Waals surface area contributed by atoms with Crippen molar-refractivity contribution in [2.75, 3.05) is 19.6 Å². The number of amides is 1. The highest BCUT2D eigenvalue weighted by Crippen LogP contribution is 2.24. The quantitative estimate of drug-likeness (QED) is 0.814. The van der Waals surface area contributed by atoms with Crippen LogP contribution in [0, 0.1) is 0 Å². The minimum atomic E-state index is -0.0744. The molecule has 0 unspecified atom stereocenters. The van der Waals surface area contributed by atoms with Crippen molar-refractivity contribution in [1.82, 2.24) is 10.2 Å². The highest BCUT2D eigenvalue weighted by Gasteiger charge is 2.25. The zero-order valence-electron chi connectivity index (χ0n) is 15.6. The third kappa shape index (κ3) is 4.88. The van der Waals surface area contributed by atoms with Crippen LogP contribution in [0.4, 0.5) is 0 Å². The van der Waals surface area contributed by atoms with Gasteiger partial charge in [-0.25, -0.2) is 0 Å². The second kappa shape index (κ2) is 8.90. The number of rotatable bonds is 7. The van der Waals surface area contributed by atoms with Crippen LogP contribution in [-0.4, -0.2) is 36.5 Å². The molecule has 1 N–H and O–H groups in total. The summed E-state index contributed by atoms with van der Waals surface area (Å²) in [5, 5.41) is 3.06. The molecule has 0 radical (unpaired) electrons. The van der Waals surface area contributed by atoms with Crippen LogP contribution in [0.3, 0.4) is 0 Å². The van der Waals surface area contributed by atoms with Crippen molar-refractivity contribution >= 4 is 5.91 Å². The molecule has 3 rings (SSSR count). The summed E-state index contributed by atoms with van der Waals surface area (Å²) in [5.74, 6) is 1.61. The Labute approximate surface area is 155 Å². The summed E-state index contributed by atoms with van der Waals surface area (Å²) in [6.07, 6.45) is 5.48. The molecule has 1 aromatic carbocycles. The lowest BCUT2D eigenvalue weighted by molar-refractivity contribution is 0.0914. The molecule has 5 nitrogen and oxygen atoms in total. The maximum Gasteiger partial charge on any atom is 0.251 e. The summed E-state index contributed by atoms with van der Waals surface area (Å²) in [7, 11) is 0. The van der Waals surface area contributed by atoms with Gasteiger partial charge in [0.25, 0.3) is 5.91 Å². The van der Waals surface area contributed by atoms with E-state index >= 15 is 0 Å². The Morgan fingerprint density at radius 3 is 2.50 bits per heavy atom. The van der Waals surface area contributed by atoms with Crippen LogP contribution in [0.25, 0.3) is 0 Å². The molecule has 1 aromatic heterocycles. The van der Waals surface area contributed by atoms with Gasteiger partial charge in [0.1, 0.15) is 11.5 Å². The largest absolute Gasteiger partial charge is 0.491 e. The van der Waals surface area contributed by atoms with E-state index in [9.17, 15) is 4.79 Å². The van der Waals surface area contributed by atoms with E-state index in [4.69, 9.17) is 9.15 Å². The Balaban J connectivity index is 1.62. The molecule has 1 amide bonds. The second-order valence-electron chi connectivity index (χ2n) is 7.03. The lowest BCUT2D eigenvalue weighted by atomic mass is 10.1. The second-order valence-corrected chi connectivity index (χ2v) is 7.03. The van der Waals surface area contributed by atoms with Gasteiger partial charge in [0.05, 0.1) is 18.4 Å². The van der Waals surface area contributed by atoms with Crippen molar-refractivity contribution in [3.8, 4) is 5.75 Å². The monoisotopic (exact) mass is 356 g/mol. The average Bonchev–Trinajstić information content (AvgIpc) is 3.17. The predicted molar refractivity (Wildman–Crippen MR) is 101 cm³/mol. The van der Waals surface area contributed by atoms with E-state index in [1.54, 1.807) is 18.4 Å². The number of nitrogens with zero attached hydrogens (tertiary/aromatic N) is 1. The fourth-order valence-electron chi connectivity index (χ4n) is 3.37. The van der Waals surface area contributed by atoms with E-state index < -0.39 is 0 Å². The van der Waals surface area contributed by atoms with Crippen molar-refractivity contribution in [2.45, 2.75) is 45.3 Å². The van der Waals surface area contributed by atoms with Crippen LogP contribution in [0.15, 0.2) is 47.1 Å². The molecule has 1 aliphatic heterocycles. The van der Waals surface area contributed by atoms with Crippen LogP contribution >= 0.6 is 0 Å². The Hall–Kier alpha value is -2.27. The Morgan fingerprint density at radius 2 is 1.88 bits per heavy atom. The fraction of sp³-hybridized carbons (Fsp3) is 0.476. The summed E-state index contributed by atoms with van der Waals surface area (Å²) >= 11 is 0. The smallest absolute Gasteiger partial charge is 0.251 e. The topological polar surface area (TPSA) is 54.7 Å². The zero-order chi connectivity index (χ0) is 18.4. The Morgan fingerprint density at radius 1 is 1.15 bits per heavy atom. The van der Waals surface area contributed by atoms with Crippen molar-refractivity contribution in [3.63, 3.8) is 0 Å². The predicted octanol–water partition coefficient (Wildman–Crippen LogP) is 4.02. The van der Waals surface area contributed by atoms with Gasteiger partial charge in [0.2, 0.25) is 0 Å². The Kier molecular flexibility index (Phi) is 6.34. The average molecular weight is 356 g/mol. The number of carbonyl (C=O) groups excluding carboxylic acids is 1. The van der Waals surface area contributed by atoms with E-state index in [1.165, 1.54) is 19.3 Å². The summed E-state index contributed by atoms with van der Waals surface area (Å²) in [6.45, 7) is 6.59. The number of furan rings is 1. The van der Waals surface area contributed by atoms with E-state index in [0.717, 1.165) is 24.6 Å². The lowest BCUT2D eigenvalue weighted by Gasteiger charge is -2.33. The number of nitrogens with one attached hydrogen (secondary N) is 1. The highest BCUT2D eigenvalue weighted by atomic mass is 16.5. The molecule has 140 valence electrons. The summed E-state index contributed by atoms with van der Waals surface area (Å²) in [4.78, 5) is 14.9. The third-order valence-corrected chi connectivity index (χ3v) is 4.65. The van der Waals surface area contributed by atoms with Gasteiger partial charge in [0.15, 0.2) is 0 Å². The Bertz CT molecular complexity index is 674. The molecular formula is C21H28N2O3. The van der Waals surface area contributed by atoms with Gasteiger partial charge < -0.3 is 14.5 Å². The van der Waals surface area contributed by atoms with E-state index in [1.807, 2.05) is 38.1 Å². The standard InChI is InChI=1S/C21H28N2O3/c1-16(2)26-18-10-8-17(9-11-18)21(24)22-15-19(20-7-6-14-25-20)23-12-4-3-5-13-23/h6-11,14,16,19H,3-5,12-13,15H2,1-2H3,(H,22,24)/t19-/m0/s1. The van der Waals surface area contributed by atoms with E-state index in [0.29, 0.717) is 12.1 Å². The number of piperidine rings is 1. The normalized spacial score (nSPS) is 16.4. The van der Waals surface area contributed by atoms with E-state index in [-0.39, 0.29) is 18.1 Å². The molecule has 0 saturated carbocycles. The van der Waals surface area contributed by atoms with Crippen LogP contribution in [-0.2, 0) is 0 Å². The van der Waals surface area contributed by atoms with Crippen LogP contribution in [0.5, 0.6) is 5.75 Å². The maximum absolute atomic E-state index is 12.5. The SMILES string of the molecule is CC(C)Oc1ccc(C(=O)NC[C@@H](c2ccco2)N2CCCCC2)cc1. The molecule has 5 heteroatoms. The fourth-order valence-corrected chi connectivity index (χ4v) is 3.37. The minimum Gasteiger partial charge on any atom is -0.491 e. The molecule has 0 spiro atoms. The third-order valence-electron chi connectivity index (χ3n) is 4.65. The number of hydrogen-bond donors (Lipinski definition) is 1. The van der Waals surface area contributed by atoms with Gasteiger partial charge in [-0.3, -0.25) is 9.69 Å². The molecule has 2 aromatic rings. The first kappa shape index (κ1) is 18.5. The zero-order valence-corrected chi connectivity index (χ0v) is 15.6. The molecule has 1 aliphatic rings. The van der Waals surface area contributed by atoms with Crippen molar-refractivity contribution in [1.29, 1.82) is 0 Å². The first-order chi connectivity index (χ1) is 12.6. The molecular weight excluding hydrogens is 328 g/mol. The van der Waals surface area contributed by atoms with Gasteiger partial charge in [0, 0.05) is 12.1 Å². The first-order valence-electron chi connectivity index (χ1n) is 9.46. The summed E-state index contributed by atoms with van der Waals surface area (Å²) in [5.41, 5.74) is 0.637. The maximum atomic E-state index is 12.5. The highest BCUT2D eigenvalue weighted by molar-refractivity contribution is 5.94. The number of ether oxygens (including phenoxy) is 1. The minimum absolute atomic E-state index is 0.0744. The molecule has 0 bridgehead atoms. The van der Waals surface area contributed by atoms with Crippen molar-refractivity contribution < 1.29 is 13.9 Å². The molecule has 0 aliphatic carbocycles. The van der Waals surface area contributed by atoms with Gasteiger partial charge in [-0.2, -0.15) is 0 Å². The number of carbonyl (C=O) groups is 1. The lowest BCUT2D eigenvalue weighted by Crippen LogP contribution is -2.40. The number of benzene rings is 1. The summed E-state index contributed by atoms with van der Waals surface area (Å²) < 4.78 is 11.3. The van der Waals surface area contributed by atoms with Gasteiger partial charge in [-0.15, -0.1) is 0 Å². The van der Waals surface area contributed by atoms with Crippen molar-refractivity contribution in [2.24, 2.45) is 0 Å². The summed E-state index contributed by atoms with van der Waals surface area (Å²) in [6, 6.07) is 11.3. The van der Waals surface area contributed by atoms with Gasteiger partial charge in [-0.1, -0.05) is 6.42 Å².